The zero-order chi connectivity index (χ0) is 13.0. The Balaban J connectivity index is 1.98. The van der Waals surface area contributed by atoms with Crippen molar-refractivity contribution >= 4 is 22.4 Å². The van der Waals surface area contributed by atoms with Crippen LogP contribution in [0.15, 0.2) is 42.5 Å². The Kier molecular flexibility index (Phi) is 3.79. The van der Waals surface area contributed by atoms with Gasteiger partial charge < -0.3 is 10.4 Å². The van der Waals surface area contributed by atoms with Gasteiger partial charge in [-0.05, 0) is 29.8 Å². The predicted octanol–water partition coefficient (Wildman–Crippen LogP) is 2.27. The summed E-state index contributed by atoms with van der Waals surface area (Å²) in [5.41, 5.74) is 0.971. The number of carboxylic acid groups (broad SMARTS) is 1. The number of hydrogen-bond donors (Lipinski definition) is 3. The standard InChI is InChI=1S/C14H16N2O2/c1-10(14(17)18)15-9-16-13-7-6-11-4-2-3-5-12(11)8-13/h2-8,10,15-16H,9H2,1H3,(H,17,18)/t10-/m1/s1. The van der Waals surface area contributed by atoms with E-state index in [2.05, 4.69) is 16.7 Å². The lowest BCUT2D eigenvalue weighted by Gasteiger charge is -2.11. The fourth-order valence-electron chi connectivity index (χ4n) is 1.69. The lowest BCUT2D eigenvalue weighted by atomic mass is 10.1. The summed E-state index contributed by atoms with van der Waals surface area (Å²) in [6, 6.07) is 13.6. The first-order chi connectivity index (χ1) is 8.66. The summed E-state index contributed by atoms with van der Waals surface area (Å²) in [7, 11) is 0. The summed E-state index contributed by atoms with van der Waals surface area (Å²) in [6.07, 6.45) is 0. The largest absolute Gasteiger partial charge is 0.480 e. The van der Waals surface area contributed by atoms with Gasteiger partial charge in [-0.25, -0.2) is 0 Å². The molecule has 4 heteroatoms. The minimum absolute atomic E-state index is 0.422. The molecule has 18 heavy (non-hydrogen) atoms. The van der Waals surface area contributed by atoms with Crippen molar-refractivity contribution in [2.75, 3.05) is 12.0 Å². The van der Waals surface area contributed by atoms with Crippen LogP contribution in [0.1, 0.15) is 6.92 Å². The molecule has 2 rings (SSSR count). The number of fused-ring (bicyclic) bond motifs is 1. The van der Waals surface area contributed by atoms with Gasteiger partial charge >= 0.3 is 5.97 Å². The number of aliphatic carboxylic acids is 1. The summed E-state index contributed by atoms with van der Waals surface area (Å²) in [6.45, 7) is 2.04. The molecule has 0 saturated heterocycles. The second kappa shape index (κ2) is 5.51. The maximum absolute atomic E-state index is 10.6. The maximum atomic E-state index is 10.6. The van der Waals surface area contributed by atoms with Gasteiger partial charge in [0.15, 0.2) is 0 Å². The van der Waals surface area contributed by atoms with E-state index in [1.54, 1.807) is 6.92 Å². The molecule has 0 unspecified atom stereocenters. The van der Waals surface area contributed by atoms with E-state index >= 15 is 0 Å². The Morgan fingerprint density at radius 3 is 2.67 bits per heavy atom. The van der Waals surface area contributed by atoms with E-state index in [0.29, 0.717) is 6.67 Å². The molecule has 0 saturated carbocycles. The van der Waals surface area contributed by atoms with Crippen LogP contribution < -0.4 is 10.6 Å². The number of rotatable bonds is 5. The SMILES string of the molecule is C[C@@H](NCNc1ccc2ccccc2c1)C(=O)O. The number of hydrogen-bond acceptors (Lipinski definition) is 3. The first kappa shape index (κ1) is 12.4. The molecule has 0 aliphatic carbocycles. The van der Waals surface area contributed by atoms with Gasteiger partial charge in [-0.15, -0.1) is 0 Å². The third kappa shape index (κ3) is 2.99. The molecule has 0 spiro atoms. The van der Waals surface area contributed by atoms with Gasteiger partial charge in [-0.2, -0.15) is 0 Å². The van der Waals surface area contributed by atoms with E-state index in [0.717, 1.165) is 11.1 Å². The summed E-state index contributed by atoms with van der Waals surface area (Å²) < 4.78 is 0. The van der Waals surface area contributed by atoms with Gasteiger partial charge in [-0.1, -0.05) is 30.3 Å². The lowest BCUT2D eigenvalue weighted by Crippen LogP contribution is -2.36. The molecular weight excluding hydrogens is 228 g/mol. The van der Waals surface area contributed by atoms with Gasteiger partial charge in [0.1, 0.15) is 6.04 Å². The Morgan fingerprint density at radius 1 is 1.22 bits per heavy atom. The topological polar surface area (TPSA) is 61.4 Å². The number of nitrogens with one attached hydrogen (secondary N) is 2. The Morgan fingerprint density at radius 2 is 1.94 bits per heavy atom. The van der Waals surface area contributed by atoms with Crippen LogP contribution in [-0.2, 0) is 4.79 Å². The van der Waals surface area contributed by atoms with Crippen molar-refractivity contribution in [3.05, 3.63) is 42.5 Å². The Hall–Kier alpha value is -2.07. The second-order valence-corrected chi connectivity index (χ2v) is 4.18. The van der Waals surface area contributed by atoms with E-state index in [-0.39, 0.29) is 0 Å². The quantitative estimate of drug-likeness (QED) is 0.706. The molecule has 0 radical (unpaired) electrons. The van der Waals surface area contributed by atoms with E-state index in [1.165, 1.54) is 5.39 Å². The first-order valence-corrected chi connectivity index (χ1v) is 5.85. The summed E-state index contributed by atoms with van der Waals surface area (Å²) in [4.78, 5) is 10.6. The number of anilines is 1. The van der Waals surface area contributed by atoms with Crippen LogP contribution in [-0.4, -0.2) is 23.8 Å². The molecule has 0 aliphatic rings. The molecule has 0 fully saturated rings. The molecule has 94 valence electrons. The molecule has 0 aliphatic heterocycles. The molecule has 4 nitrogen and oxygen atoms in total. The predicted molar refractivity (Wildman–Crippen MR) is 72.7 cm³/mol. The second-order valence-electron chi connectivity index (χ2n) is 4.18. The molecule has 1 atom stereocenters. The van der Waals surface area contributed by atoms with Crippen LogP contribution in [0, 0.1) is 0 Å². The highest BCUT2D eigenvalue weighted by atomic mass is 16.4. The highest BCUT2D eigenvalue weighted by molar-refractivity contribution is 5.85. The summed E-state index contributed by atoms with van der Waals surface area (Å²) in [5, 5.41) is 17.1. The average Bonchev–Trinajstić information content (AvgIpc) is 2.38. The first-order valence-electron chi connectivity index (χ1n) is 5.85. The highest BCUT2D eigenvalue weighted by Crippen LogP contribution is 2.18. The fourth-order valence-corrected chi connectivity index (χ4v) is 1.69. The Labute approximate surface area is 106 Å². The van der Waals surface area contributed by atoms with Crippen molar-refractivity contribution in [2.45, 2.75) is 13.0 Å². The smallest absolute Gasteiger partial charge is 0.320 e. The third-order valence-corrected chi connectivity index (χ3v) is 2.82. The lowest BCUT2D eigenvalue weighted by molar-refractivity contribution is -0.138. The summed E-state index contributed by atoms with van der Waals surface area (Å²) >= 11 is 0. The van der Waals surface area contributed by atoms with Gasteiger partial charge in [-0.3, -0.25) is 10.1 Å². The van der Waals surface area contributed by atoms with Gasteiger partial charge in [0.25, 0.3) is 0 Å². The Bertz CT molecular complexity index is 554. The van der Waals surface area contributed by atoms with Gasteiger partial charge in [0.2, 0.25) is 0 Å². The minimum atomic E-state index is -0.852. The zero-order valence-corrected chi connectivity index (χ0v) is 10.2. The monoisotopic (exact) mass is 244 g/mol. The van der Waals surface area contributed by atoms with Crippen LogP contribution in [0.5, 0.6) is 0 Å². The third-order valence-electron chi connectivity index (χ3n) is 2.82. The number of carboxylic acids is 1. The van der Waals surface area contributed by atoms with Crippen LogP contribution in [0.25, 0.3) is 10.8 Å². The number of benzene rings is 2. The van der Waals surface area contributed by atoms with Crippen LogP contribution >= 0.6 is 0 Å². The fraction of sp³-hybridized carbons (Fsp3) is 0.214. The molecule has 0 heterocycles. The van der Waals surface area contributed by atoms with Crippen LogP contribution in [0.4, 0.5) is 5.69 Å². The van der Waals surface area contributed by atoms with Crippen LogP contribution in [0.2, 0.25) is 0 Å². The molecule has 2 aromatic rings. The highest BCUT2D eigenvalue weighted by Gasteiger charge is 2.08. The molecule has 0 bridgehead atoms. The van der Waals surface area contributed by atoms with Crippen molar-refractivity contribution in [3.8, 4) is 0 Å². The van der Waals surface area contributed by atoms with Crippen LogP contribution in [0.3, 0.4) is 0 Å². The van der Waals surface area contributed by atoms with Crippen molar-refractivity contribution in [1.82, 2.24) is 5.32 Å². The zero-order valence-electron chi connectivity index (χ0n) is 10.2. The molecular formula is C14H16N2O2. The molecule has 0 amide bonds. The average molecular weight is 244 g/mol. The van der Waals surface area contributed by atoms with Crippen molar-refractivity contribution < 1.29 is 9.90 Å². The molecule has 2 aromatic carbocycles. The minimum Gasteiger partial charge on any atom is -0.480 e. The van der Waals surface area contributed by atoms with Crippen molar-refractivity contribution in [3.63, 3.8) is 0 Å². The van der Waals surface area contributed by atoms with Crippen molar-refractivity contribution in [1.29, 1.82) is 0 Å². The van der Waals surface area contributed by atoms with Crippen molar-refractivity contribution in [2.24, 2.45) is 0 Å². The maximum Gasteiger partial charge on any atom is 0.320 e. The number of carbonyl (C=O) groups is 1. The molecule has 3 N–H and O–H groups in total. The van der Waals surface area contributed by atoms with E-state index in [4.69, 9.17) is 5.11 Å². The van der Waals surface area contributed by atoms with E-state index in [1.807, 2.05) is 36.4 Å². The molecule has 0 aromatic heterocycles. The summed E-state index contributed by atoms with van der Waals surface area (Å²) in [5.74, 6) is -0.852. The normalized spacial score (nSPS) is 12.3. The van der Waals surface area contributed by atoms with E-state index < -0.39 is 12.0 Å². The van der Waals surface area contributed by atoms with Gasteiger partial charge in [0.05, 0.1) is 6.67 Å². The van der Waals surface area contributed by atoms with Gasteiger partial charge in [0, 0.05) is 5.69 Å². The van der Waals surface area contributed by atoms with E-state index in [9.17, 15) is 4.79 Å².